The number of carboxylic acid groups (broad SMARTS) is 1. The monoisotopic (exact) mass is 183 g/mol. The minimum atomic E-state index is -1.08. The fourth-order valence-electron chi connectivity index (χ4n) is 1.03. The summed E-state index contributed by atoms with van der Waals surface area (Å²) in [6, 6.07) is 3.08. The third kappa shape index (κ3) is 2.03. The molecule has 0 aromatic heterocycles. The Labute approximate surface area is 75.0 Å². The standard InChI is InChI=1S/C9H10FNO2/c1-5(11)7-4-6(9(12)13)2-3-8(7)10/h2-5H,11H2,1H3,(H,12,13)/t5-/m1/s1. The average Bonchev–Trinajstić information content (AvgIpc) is 2.04. The van der Waals surface area contributed by atoms with Crippen molar-refractivity contribution < 1.29 is 14.3 Å². The summed E-state index contributed by atoms with van der Waals surface area (Å²) in [5, 5.41) is 8.62. The van der Waals surface area contributed by atoms with Gasteiger partial charge < -0.3 is 10.8 Å². The van der Waals surface area contributed by atoms with E-state index in [1.54, 1.807) is 6.92 Å². The highest BCUT2D eigenvalue weighted by atomic mass is 19.1. The van der Waals surface area contributed by atoms with Gasteiger partial charge in [0.05, 0.1) is 5.56 Å². The number of rotatable bonds is 2. The zero-order chi connectivity index (χ0) is 10.0. The van der Waals surface area contributed by atoms with Crippen molar-refractivity contribution in [1.29, 1.82) is 0 Å². The number of hydrogen-bond acceptors (Lipinski definition) is 2. The second-order valence-electron chi connectivity index (χ2n) is 2.83. The molecule has 13 heavy (non-hydrogen) atoms. The molecule has 0 bridgehead atoms. The number of benzene rings is 1. The molecule has 0 fully saturated rings. The van der Waals surface area contributed by atoms with Gasteiger partial charge in [0.25, 0.3) is 0 Å². The van der Waals surface area contributed by atoms with E-state index < -0.39 is 17.8 Å². The van der Waals surface area contributed by atoms with Gasteiger partial charge in [0.2, 0.25) is 0 Å². The van der Waals surface area contributed by atoms with Gasteiger partial charge in [-0.05, 0) is 25.1 Å². The molecule has 0 aliphatic heterocycles. The van der Waals surface area contributed by atoms with Crippen LogP contribution in [0.4, 0.5) is 4.39 Å². The first-order valence-electron chi connectivity index (χ1n) is 3.80. The van der Waals surface area contributed by atoms with Crippen molar-refractivity contribution in [3.63, 3.8) is 0 Å². The Bertz CT molecular complexity index is 336. The number of hydrogen-bond donors (Lipinski definition) is 2. The van der Waals surface area contributed by atoms with Crippen molar-refractivity contribution in [2.75, 3.05) is 0 Å². The molecule has 1 atom stereocenters. The van der Waals surface area contributed by atoms with Crippen LogP contribution in [0.5, 0.6) is 0 Å². The highest BCUT2D eigenvalue weighted by Gasteiger charge is 2.10. The average molecular weight is 183 g/mol. The van der Waals surface area contributed by atoms with Gasteiger partial charge in [-0.15, -0.1) is 0 Å². The van der Waals surface area contributed by atoms with Gasteiger partial charge in [-0.1, -0.05) is 0 Å². The largest absolute Gasteiger partial charge is 0.478 e. The van der Waals surface area contributed by atoms with E-state index in [9.17, 15) is 9.18 Å². The molecule has 1 rings (SSSR count). The topological polar surface area (TPSA) is 63.3 Å². The van der Waals surface area contributed by atoms with Gasteiger partial charge in [0, 0.05) is 11.6 Å². The minimum absolute atomic E-state index is 0.0497. The molecule has 0 radical (unpaired) electrons. The van der Waals surface area contributed by atoms with Gasteiger partial charge in [-0.3, -0.25) is 0 Å². The first-order valence-corrected chi connectivity index (χ1v) is 3.80. The predicted octanol–water partition coefficient (Wildman–Crippen LogP) is 1.54. The van der Waals surface area contributed by atoms with E-state index in [4.69, 9.17) is 10.8 Å². The molecule has 1 aromatic carbocycles. The van der Waals surface area contributed by atoms with Crippen molar-refractivity contribution in [1.82, 2.24) is 0 Å². The molecule has 0 saturated carbocycles. The Balaban J connectivity index is 3.19. The molecule has 4 heteroatoms. The summed E-state index contributed by atoms with van der Waals surface area (Å²) in [7, 11) is 0. The summed E-state index contributed by atoms with van der Waals surface area (Å²) >= 11 is 0. The van der Waals surface area contributed by atoms with E-state index in [0.717, 1.165) is 6.07 Å². The summed E-state index contributed by atoms with van der Waals surface area (Å²) in [5.74, 6) is -1.55. The molecule has 0 unspecified atom stereocenters. The summed E-state index contributed by atoms with van der Waals surface area (Å²) in [5.41, 5.74) is 5.72. The molecule has 70 valence electrons. The Kier molecular flexibility index (Phi) is 2.63. The lowest BCUT2D eigenvalue weighted by molar-refractivity contribution is 0.0696. The second-order valence-corrected chi connectivity index (χ2v) is 2.83. The summed E-state index contributed by atoms with van der Waals surface area (Å²) in [6.45, 7) is 1.60. The maximum Gasteiger partial charge on any atom is 0.335 e. The zero-order valence-electron chi connectivity index (χ0n) is 7.12. The summed E-state index contributed by atoms with van der Waals surface area (Å²) in [6.07, 6.45) is 0. The molecular weight excluding hydrogens is 173 g/mol. The van der Waals surface area contributed by atoms with E-state index in [-0.39, 0.29) is 11.1 Å². The third-order valence-corrected chi connectivity index (χ3v) is 1.73. The van der Waals surface area contributed by atoms with E-state index >= 15 is 0 Å². The maximum absolute atomic E-state index is 13.0. The van der Waals surface area contributed by atoms with Crippen LogP contribution in [0.3, 0.4) is 0 Å². The van der Waals surface area contributed by atoms with Gasteiger partial charge in [-0.25, -0.2) is 9.18 Å². The molecule has 3 N–H and O–H groups in total. The molecular formula is C9H10FNO2. The molecule has 0 amide bonds. The molecule has 3 nitrogen and oxygen atoms in total. The third-order valence-electron chi connectivity index (χ3n) is 1.73. The lowest BCUT2D eigenvalue weighted by Gasteiger charge is -2.07. The summed E-state index contributed by atoms with van der Waals surface area (Å²) in [4.78, 5) is 10.5. The summed E-state index contributed by atoms with van der Waals surface area (Å²) < 4.78 is 13.0. The van der Waals surface area contributed by atoms with Gasteiger partial charge >= 0.3 is 5.97 Å². The first-order chi connectivity index (χ1) is 6.02. The molecule has 0 saturated heterocycles. The number of halogens is 1. The van der Waals surface area contributed by atoms with Crippen molar-refractivity contribution in [3.05, 3.63) is 35.1 Å². The Morgan fingerprint density at radius 2 is 2.23 bits per heavy atom. The van der Waals surface area contributed by atoms with Gasteiger partial charge in [0.1, 0.15) is 5.82 Å². The molecule has 0 aliphatic rings. The van der Waals surface area contributed by atoms with Crippen LogP contribution in [0.15, 0.2) is 18.2 Å². The smallest absolute Gasteiger partial charge is 0.335 e. The minimum Gasteiger partial charge on any atom is -0.478 e. The first kappa shape index (κ1) is 9.67. The number of carbonyl (C=O) groups is 1. The fraction of sp³-hybridized carbons (Fsp3) is 0.222. The van der Waals surface area contributed by atoms with Gasteiger partial charge in [-0.2, -0.15) is 0 Å². The molecule has 0 spiro atoms. The second kappa shape index (κ2) is 3.53. The van der Waals surface area contributed by atoms with Crippen molar-refractivity contribution >= 4 is 5.97 Å². The Hall–Kier alpha value is -1.42. The SMILES string of the molecule is C[C@@H](N)c1cc(C(=O)O)ccc1F. The lowest BCUT2D eigenvalue weighted by atomic mass is 10.1. The number of carboxylic acids is 1. The molecule has 1 aromatic rings. The molecule has 0 aliphatic carbocycles. The maximum atomic E-state index is 13.0. The van der Waals surface area contributed by atoms with Crippen LogP contribution in [-0.2, 0) is 0 Å². The number of nitrogens with two attached hydrogens (primary N) is 1. The van der Waals surface area contributed by atoms with Crippen LogP contribution < -0.4 is 5.73 Å². The fourth-order valence-corrected chi connectivity index (χ4v) is 1.03. The molecule has 0 heterocycles. The van der Waals surface area contributed by atoms with Crippen LogP contribution >= 0.6 is 0 Å². The van der Waals surface area contributed by atoms with Crippen LogP contribution in [0.2, 0.25) is 0 Å². The highest BCUT2D eigenvalue weighted by Crippen LogP contribution is 2.16. The Morgan fingerprint density at radius 3 is 2.69 bits per heavy atom. The number of aromatic carboxylic acids is 1. The van der Waals surface area contributed by atoms with Crippen LogP contribution in [0.25, 0.3) is 0 Å². The predicted molar refractivity (Wildman–Crippen MR) is 46.0 cm³/mol. The zero-order valence-corrected chi connectivity index (χ0v) is 7.12. The highest BCUT2D eigenvalue weighted by molar-refractivity contribution is 5.87. The van der Waals surface area contributed by atoms with E-state index in [2.05, 4.69) is 0 Å². The van der Waals surface area contributed by atoms with Crippen LogP contribution in [0.1, 0.15) is 28.9 Å². The van der Waals surface area contributed by atoms with Crippen molar-refractivity contribution in [2.24, 2.45) is 5.73 Å². The van der Waals surface area contributed by atoms with E-state index in [1.807, 2.05) is 0 Å². The van der Waals surface area contributed by atoms with E-state index in [1.165, 1.54) is 12.1 Å². The quantitative estimate of drug-likeness (QED) is 0.731. The van der Waals surface area contributed by atoms with Crippen molar-refractivity contribution in [3.8, 4) is 0 Å². The lowest BCUT2D eigenvalue weighted by Crippen LogP contribution is -2.09. The van der Waals surface area contributed by atoms with Crippen molar-refractivity contribution in [2.45, 2.75) is 13.0 Å². The van der Waals surface area contributed by atoms with Gasteiger partial charge in [0.15, 0.2) is 0 Å². The van der Waals surface area contributed by atoms with E-state index in [0.29, 0.717) is 0 Å². The van der Waals surface area contributed by atoms with Crippen LogP contribution in [0, 0.1) is 5.82 Å². The normalized spacial score (nSPS) is 12.5. The van der Waals surface area contributed by atoms with Crippen LogP contribution in [-0.4, -0.2) is 11.1 Å². The Morgan fingerprint density at radius 1 is 1.62 bits per heavy atom.